The van der Waals surface area contributed by atoms with Crippen molar-refractivity contribution in [2.24, 2.45) is 5.92 Å². The van der Waals surface area contributed by atoms with Crippen molar-refractivity contribution in [3.63, 3.8) is 0 Å². The molecule has 2 aromatic heterocycles. The van der Waals surface area contributed by atoms with Gasteiger partial charge in [-0.05, 0) is 73.9 Å². The number of carbonyl (C=O) groups excluding carboxylic acids is 3. The smallest absolute Gasteiger partial charge is 0.338 e. The molecule has 3 heterocycles. The minimum Gasteiger partial charge on any atom is -0.493 e. The van der Waals surface area contributed by atoms with Crippen LogP contribution < -0.4 is 14.2 Å². The zero-order valence-corrected chi connectivity index (χ0v) is 34.3. The summed E-state index contributed by atoms with van der Waals surface area (Å²) in [7, 11) is 3.12. The standard InChI is InChI=1S/C46H45N5O10/c1-6-57-42-38(32-22-23-35(55-4)36(25-32)56-5)47-33(24-28(2)3)39(48-42)34-26-51(50-49-34)43-41(61-46(54)31-20-14-9-15-21-31)40(60-45(53)30-18-12-8-13-19-30)37(59-43)27-58-44(52)29-16-10-7-11-17-29/h7-23,25-26,28,37,40-41,43H,6,24,27H2,1-5H3/t37-,40-,41-,43-/m1/s1. The number of aromatic nitrogens is 5. The van der Waals surface area contributed by atoms with Gasteiger partial charge in [-0.15, -0.1) is 5.10 Å². The van der Waals surface area contributed by atoms with E-state index in [2.05, 4.69) is 24.2 Å². The van der Waals surface area contributed by atoms with Gasteiger partial charge in [-0.2, -0.15) is 0 Å². The molecule has 0 unspecified atom stereocenters. The van der Waals surface area contributed by atoms with Gasteiger partial charge in [0, 0.05) is 5.56 Å². The van der Waals surface area contributed by atoms with Crippen LogP contribution >= 0.6 is 0 Å². The Kier molecular flexibility index (Phi) is 13.3. The predicted molar refractivity (Wildman–Crippen MR) is 221 cm³/mol. The molecule has 314 valence electrons. The molecule has 0 spiro atoms. The van der Waals surface area contributed by atoms with Crippen molar-refractivity contribution in [2.45, 2.75) is 51.7 Å². The fourth-order valence-electron chi connectivity index (χ4n) is 6.78. The van der Waals surface area contributed by atoms with E-state index in [1.165, 1.54) is 4.68 Å². The first-order chi connectivity index (χ1) is 29.7. The van der Waals surface area contributed by atoms with E-state index in [0.29, 0.717) is 58.4 Å². The van der Waals surface area contributed by atoms with E-state index in [0.717, 1.165) is 0 Å². The molecule has 1 fully saturated rings. The molecular formula is C46H45N5O10. The van der Waals surface area contributed by atoms with Gasteiger partial charge in [0.25, 0.3) is 0 Å². The van der Waals surface area contributed by atoms with Gasteiger partial charge in [-0.25, -0.2) is 29.0 Å². The Labute approximate surface area is 352 Å². The second-order valence-corrected chi connectivity index (χ2v) is 14.4. The maximum Gasteiger partial charge on any atom is 0.338 e. The van der Waals surface area contributed by atoms with Crippen molar-refractivity contribution in [1.29, 1.82) is 0 Å². The molecule has 7 rings (SSSR count). The number of benzene rings is 4. The summed E-state index contributed by atoms with van der Waals surface area (Å²) < 4.78 is 42.9. The van der Waals surface area contributed by atoms with E-state index >= 15 is 0 Å². The van der Waals surface area contributed by atoms with Crippen LogP contribution in [0.2, 0.25) is 0 Å². The maximum atomic E-state index is 13.7. The van der Waals surface area contributed by atoms with Crippen LogP contribution in [0.1, 0.15) is 63.8 Å². The topological polar surface area (TPSA) is 172 Å². The van der Waals surface area contributed by atoms with Gasteiger partial charge >= 0.3 is 17.9 Å². The fraction of sp³-hybridized carbons (Fsp3) is 0.283. The van der Waals surface area contributed by atoms with Crippen LogP contribution in [0.5, 0.6) is 17.4 Å². The highest BCUT2D eigenvalue weighted by Gasteiger charge is 2.52. The molecule has 0 bridgehead atoms. The number of methoxy groups -OCH3 is 2. The van der Waals surface area contributed by atoms with Crippen molar-refractivity contribution >= 4 is 17.9 Å². The van der Waals surface area contributed by atoms with Crippen molar-refractivity contribution in [2.75, 3.05) is 27.4 Å². The molecule has 0 saturated carbocycles. The zero-order valence-electron chi connectivity index (χ0n) is 34.3. The average Bonchev–Trinajstić information content (AvgIpc) is 3.91. The van der Waals surface area contributed by atoms with Gasteiger partial charge in [0.05, 0.1) is 49.4 Å². The van der Waals surface area contributed by atoms with Crippen molar-refractivity contribution < 1.29 is 47.5 Å². The summed E-state index contributed by atoms with van der Waals surface area (Å²) in [6, 6.07) is 30.6. The van der Waals surface area contributed by atoms with Crippen LogP contribution in [0.3, 0.4) is 0 Å². The molecule has 0 radical (unpaired) electrons. The maximum absolute atomic E-state index is 13.7. The zero-order chi connectivity index (χ0) is 42.9. The molecule has 0 amide bonds. The highest BCUT2D eigenvalue weighted by Crippen LogP contribution is 2.39. The van der Waals surface area contributed by atoms with Gasteiger partial charge < -0.3 is 33.2 Å². The number of rotatable bonds is 16. The molecule has 15 heteroatoms. The molecule has 1 aliphatic heterocycles. The lowest BCUT2D eigenvalue weighted by atomic mass is 10.0. The monoisotopic (exact) mass is 827 g/mol. The second-order valence-electron chi connectivity index (χ2n) is 14.4. The molecule has 4 atom stereocenters. The summed E-state index contributed by atoms with van der Waals surface area (Å²) in [5.74, 6) is -0.546. The molecule has 15 nitrogen and oxygen atoms in total. The third kappa shape index (κ3) is 9.68. The summed E-state index contributed by atoms with van der Waals surface area (Å²) in [5.41, 5.74) is 3.35. The van der Waals surface area contributed by atoms with Gasteiger partial charge in [-0.1, -0.05) is 73.7 Å². The van der Waals surface area contributed by atoms with Gasteiger partial charge in [0.15, 0.2) is 29.9 Å². The van der Waals surface area contributed by atoms with Crippen LogP contribution in [0.4, 0.5) is 0 Å². The number of hydrogen-bond donors (Lipinski definition) is 0. The van der Waals surface area contributed by atoms with Crippen LogP contribution in [-0.4, -0.2) is 88.6 Å². The number of carbonyl (C=O) groups is 3. The normalized spacial score (nSPS) is 17.1. The Bertz CT molecular complexity index is 2450. The van der Waals surface area contributed by atoms with E-state index in [-0.39, 0.29) is 29.5 Å². The SMILES string of the molecule is CCOc1nc(-c2cn([C@@H]3O[C@H](COC(=O)c4ccccc4)[C@@H](OC(=O)c4ccccc4)[C@H]3OC(=O)c3ccccc3)nn2)c(CC(C)C)nc1-c1ccc(OC)c(OC)c1. The molecule has 0 N–H and O–H groups in total. The lowest BCUT2D eigenvalue weighted by molar-refractivity contribution is -0.0678. The minimum absolute atomic E-state index is 0.165. The lowest BCUT2D eigenvalue weighted by Gasteiger charge is -2.24. The summed E-state index contributed by atoms with van der Waals surface area (Å²) in [4.78, 5) is 50.6. The van der Waals surface area contributed by atoms with E-state index in [9.17, 15) is 14.4 Å². The number of nitrogens with zero attached hydrogens (tertiary/aromatic N) is 5. The van der Waals surface area contributed by atoms with Gasteiger partial charge in [0.2, 0.25) is 5.88 Å². The summed E-state index contributed by atoms with van der Waals surface area (Å²) >= 11 is 0. The fourth-order valence-corrected chi connectivity index (χ4v) is 6.78. The summed E-state index contributed by atoms with van der Waals surface area (Å²) in [5, 5.41) is 8.94. The molecule has 61 heavy (non-hydrogen) atoms. The van der Waals surface area contributed by atoms with Crippen LogP contribution in [0.25, 0.3) is 22.6 Å². The molecule has 4 aromatic carbocycles. The molecule has 0 aliphatic carbocycles. The Morgan fingerprint density at radius 3 is 1.89 bits per heavy atom. The largest absolute Gasteiger partial charge is 0.493 e. The molecular weight excluding hydrogens is 783 g/mol. The van der Waals surface area contributed by atoms with Gasteiger partial charge in [-0.3, -0.25) is 0 Å². The molecule has 1 saturated heterocycles. The first kappa shape index (κ1) is 42.0. The first-order valence-corrected chi connectivity index (χ1v) is 19.7. The predicted octanol–water partition coefficient (Wildman–Crippen LogP) is 7.22. The molecule has 6 aromatic rings. The van der Waals surface area contributed by atoms with E-state index < -0.39 is 42.4 Å². The van der Waals surface area contributed by atoms with E-state index in [1.54, 1.807) is 117 Å². The Balaban J connectivity index is 1.28. The van der Waals surface area contributed by atoms with Gasteiger partial charge in [0.1, 0.15) is 29.8 Å². The van der Waals surface area contributed by atoms with Crippen LogP contribution in [0, 0.1) is 5.92 Å². The van der Waals surface area contributed by atoms with Crippen LogP contribution in [0.15, 0.2) is 115 Å². The summed E-state index contributed by atoms with van der Waals surface area (Å²) in [6.45, 7) is 5.91. The third-order valence-electron chi connectivity index (χ3n) is 9.67. The van der Waals surface area contributed by atoms with Crippen molar-refractivity contribution in [3.05, 3.63) is 138 Å². The highest BCUT2D eigenvalue weighted by atomic mass is 16.7. The number of esters is 3. The Morgan fingerprint density at radius 2 is 1.31 bits per heavy atom. The summed E-state index contributed by atoms with van der Waals surface area (Å²) in [6.07, 6.45) is -2.81. The van der Waals surface area contributed by atoms with Crippen LogP contribution in [-0.2, 0) is 25.4 Å². The first-order valence-electron chi connectivity index (χ1n) is 19.7. The van der Waals surface area contributed by atoms with Crippen molar-refractivity contribution in [1.82, 2.24) is 25.0 Å². The highest BCUT2D eigenvalue weighted by molar-refractivity contribution is 5.91. The lowest BCUT2D eigenvalue weighted by Crippen LogP contribution is -2.41. The quantitative estimate of drug-likeness (QED) is 0.0707. The number of ether oxygens (including phenoxy) is 7. The molecule has 1 aliphatic rings. The third-order valence-corrected chi connectivity index (χ3v) is 9.67. The second kappa shape index (κ2) is 19.3. The van der Waals surface area contributed by atoms with E-state index in [1.807, 2.05) is 19.1 Å². The van der Waals surface area contributed by atoms with E-state index in [4.69, 9.17) is 43.1 Å². The Morgan fingerprint density at radius 1 is 0.721 bits per heavy atom. The number of hydrogen-bond acceptors (Lipinski definition) is 14. The van der Waals surface area contributed by atoms with Crippen molar-refractivity contribution in [3.8, 4) is 40.0 Å². The Hall–Kier alpha value is -7.13. The average molecular weight is 828 g/mol. The minimum atomic E-state index is -1.30.